The molecule has 1 heterocycles. The molecule has 1 atom stereocenters. The number of carbonyl (C=O) groups is 1. The summed E-state index contributed by atoms with van der Waals surface area (Å²) in [5, 5.41) is 3.53. The van der Waals surface area contributed by atoms with Gasteiger partial charge >= 0.3 is 0 Å². The van der Waals surface area contributed by atoms with Crippen LogP contribution in [0.25, 0.3) is 11.3 Å². The number of sulfone groups is 1. The number of nitrogen functional groups attached to an aromatic ring is 1. The van der Waals surface area contributed by atoms with Crippen molar-refractivity contribution < 1.29 is 13.2 Å². The second-order valence-electron chi connectivity index (χ2n) is 4.62. The van der Waals surface area contributed by atoms with Crippen LogP contribution in [0.4, 0.5) is 10.8 Å². The Morgan fingerprint density at radius 2 is 2.14 bits per heavy atom. The minimum atomic E-state index is -3.42. The first kappa shape index (κ1) is 15.5. The fourth-order valence-electron chi connectivity index (χ4n) is 1.56. The molecule has 0 fully saturated rings. The van der Waals surface area contributed by atoms with Crippen LogP contribution in [-0.4, -0.2) is 30.8 Å². The monoisotopic (exact) mass is 325 g/mol. The molecule has 0 spiro atoms. The summed E-state index contributed by atoms with van der Waals surface area (Å²) >= 11 is 1.23. The number of nitrogens with one attached hydrogen (secondary N) is 1. The third-order valence-corrected chi connectivity index (χ3v) is 5.18. The summed E-state index contributed by atoms with van der Waals surface area (Å²) in [6.07, 6.45) is 1.03. The standard InChI is InChI=1S/C13H15N3O3S2/c1-8(21(2,18)19)12(17)16-13-15-11(7-20-13)9-4-3-5-10(14)6-9/h3-8H,14H2,1-2H3,(H,15,16,17). The van der Waals surface area contributed by atoms with Crippen LogP contribution in [0, 0.1) is 0 Å². The van der Waals surface area contributed by atoms with Crippen molar-refractivity contribution >= 4 is 37.9 Å². The average Bonchev–Trinajstić information content (AvgIpc) is 2.85. The maximum Gasteiger partial charge on any atom is 0.244 e. The van der Waals surface area contributed by atoms with E-state index in [0.717, 1.165) is 11.8 Å². The Morgan fingerprint density at radius 1 is 1.43 bits per heavy atom. The quantitative estimate of drug-likeness (QED) is 0.834. The smallest absolute Gasteiger partial charge is 0.244 e. The molecule has 6 nitrogen and oxygen atoms in total. The van der Waals surface area contributed by atoms with Crippen LogP contribution in [-0.2, 0) is 14.6 Å². The maximum atomic E-state index is 11.8. The predicted molar refractivity (Wildman–Crippen MR) is 84.9 cm³/mol. The zero-order valence-corrected chi connectivity index (χ0v) is 13.2. The molecule has 1 aromatic heterocycles. The zero-order chi connectivity index (χ0) is 15.6. The molecular weight excluding hydrogens is 310 g/mol. The van der Waals surface area contributed by atoms with Gasteiger partial charge in [0.15, 0.2) is 15.0 Å². The number of hydrogen-bond donors (Lipinski definition) is 2. The first-order chi connectivity index (χ1) is 9.77. The number of carbonyl (C=O) groups excluding carboxylic acids is 1. The largest absolute Gasteiger partial charge is 0.399 e. The van der Waals surface area contributed by atoms with Crippen molar-refractivity contribution in [1.82, 2.24) is 4.98 Å². The highest BCUT2D eigenvalue weighted by atomic mass is 32.2. The second-order valence-corrected chi connectivity index (χ2v) is 7.85. The van der Waals surface area contributed by atoms with Gasteiger partial charge < -0.3 is 11.1 Å². The number of thiazole rings is 1. The van der Waals surface area contributed by atoms with E-state index in [1.54, 1.807) is 17.5 Å². The molecule has 0 aliphatic rings. The SMILES string of the molecule is CC(C(=O)Nc1nc(-c2cccc(N)c2)cs1)S(C)(=O)=O. The Hall–Kier alpha value is -1.93. The van der Waals surface area contributed by atoms with E-state index in [2.05, 4.69) is 10.3 Å². The van der Waals surface area contributed by atoms with Gasteiger partial charge in [-0.1, -0.05) is 12.1 Å². The lowest BCUT2D eigenvalue weighted by Crippen LogP contribution is -2.31. The lowest BCUT2D eigenvalue weighted by atomic mass is 10.1. The number of benzene rings is 1. The fraction of sp³-hybridized carbons (Fsp3) is 0.231. The highest BCUT2D eigenvalue weighted by Gasteiger charge is 2.24. The summed E-state index contributed by atoms with van der Waals surface area (Å²) in [6.45, 7) is 1.34. The number of rotatable bonds is 4. The molecule has 1 amide bonds. The summed E-state index contributed by atoms with van der Waals surface area (Å²) in [6, 6.07) is 7.22. The molecule has 1 unspecified atom stereocenters. The average molecular weight is 325 g/mol. The molecule has 0 aliphatic heterocycles. The van der Waals surface area contributed by atoms with Gasteiger partial charge in [0.25, 0.3) is 0 Å². The number of nitrogens with zero attached hydrogens (tertiary/aromatic N) is 1. The van der Waals surface area contributed by atoms with E-state index < -0.39 is 21.0 Å². The number of hydrogen-bond acceptors (Lipinski definition) is 6. The van der Waals surface area contributed by atoms with Crippen molar-refractivity contribution in [3.05, 3.63) is 29.6 Å². The molecule has 21 heavy (non-hydrogen) atoms. The molecule has 1 aromatic carbocycles. The summed E-state index contributed by atoms with van der Waals surface area (Å²) < 4.78 is 22.7. The number of anilines is 2. The molecule has 0 saturated carbocycles. The first-order valence-electron chi connectivity index (χ1n) is 6.08. The van der Waals surface area contributed by atoms with Crippen molar-refractivity contribution in [3.8, 4) is 11.3 Å². The Balaban J connectivity index is 2.16. The Bertz CT molecular complexity index is 768. The summed E-state index contributed by atoms with van der Waals surface area (Å²) in [5.41, 5.74) is 7.84. The van der Waals surface area contributed by atoms with Gasteiger partial charge in [0.05, 0.1) is 5.69 Å². The first-order valence-corrected chi connectivity index (χ1v) is 8.92. The summed E-state index contributed by atoms with van der Waals surface area (Å²) in [5.74, 6) is -0.592. The third kappa shape index (κ3) is 3.79. The van der Waals surface area contributed by atoms with E-state index >= 15 is 0 Å². The summed E-state index contributed by atoms with van der Waals surface area (Å²) in [7, 11) is -3.42. The van der Waals surface area contributed by atoms with Crippen LogP contribution < -0.4 is 11.1 Å². The molecule has 3 N–H and O–H groups in total. The third-order valence-electron chi connectivity index (χ3n) is 2.93. The van der Waals surface area contributed by atoms with Crippen LogP contribution in [0.5, 0.6) is 0 Å². The Morgan fingerprint density at radius 3 is 2.76 bits per heavy atom. The molecule has 2 rings (SSSR count). The van der Waals surface area contributed by atoms with Gasteiger partial charge in [0.1, 0.15) is 5.25 Å². The molecule has 0 radical (unpaired) electrons. The molecular formula is C13H15N3O3S2. The normalized spacial score (nSPS) is 12.9. The molecule has 0 saturated heterocycles. The van der Waals surface area contributed by atoms with Crippen LogP contribution in [0.2, 0.25) is 0 Å². The van der Waals surface area contributed by atoms with Crippen LogP contribution in [0.15, 0.2) is 29.6 Å². The molecule has 112 valence electrons. The number of aromatic nitrogens is 1. The topological polar surface area (TPSA) is 102 Å². The van der Waals surface area contributed by atoms with E-state index in [9.17, 15) is 13.2 Å². The predicted octanol–water partition coefficient (Wildman–Crippen LogP) is 1.76. The van der Waals surface area contributed by atoms with Crippen molar-refractivity contribution in [3.63, 3.8) is 0 Å². The number of nitrogens with two attached hydrogens (primary N) is 1. The second kappa shape index (κ2) is 5.82. The molecule has 0 bridgehead atoms. The lowest BCUT2D eigenvalue weighted by Gasteiger charge is -2.07. The highest BCUT2D eigenvalue weighted by Crippen LogP contribution is 2.26. The van der Waals surface area contributed by atoms with Crippen molar-refractivity contribution in [1.29, 1.82) is 0 Å². The van der Waals surface area contributed by atoms with Gasteiger partial charge in [0, 0.05) is 22.9 Å². The van der Waals surface area contributed by atoms with Crippen LogP contribution in [0.3, 0.4) is 0 Å². The van der Waals surface area contributed by atoms with Gasteiger partial charge in [-0.15, -0.1) is 11.3 Å². The molecule has 8 heteroatoms. The summed E-state index contributed by atoms with van der Waals surface area (Å²) in [4.78, 5) is 16.1. The maximum absolute atomic E-state index is 11.8. The highest BCUT2D eigenvalue weighted by molar-refractivity contribution is 7.92. The van der Waals surface area contributed by atoms with Gasteiger partial charge in [-0.2, -0.15) is 0 Å². The number of amides is 1. The van der Waals surface area contributed by atoms with Gasteiger partial charge in [-0.25, -0.2) is 13.4 Å². The van der Waals surface area contributed by atoms with Gasteiger partial charge in [0.2, 0.25) is 5.91 Å². The van der Waals surface area contributed by atoms with Crippen LogP contribution >= 0.6 is 11.3 Å². The minimum absolute atomic E-state index is 0.355. The van der Waals surface area contributed by atoms with E-state index in [1.807, 2.05) is 12.1 Å². The van der Waals surface area contributed by atoms with Crippen molar-refractivity contribution in [2.75, 3.05) is 17.3 Å². The molecule has 2 aromatic rings. The van der Waals surface area contributed by atoms with Gasteiger partial charge in [-0.05, 0) is 19.1 Å². The Labute approximate surface area is 126 Å². The van der Waals surface area contributed by atoms with E-state index in [0.29, 0.717) is 16.5 Å². The van der Waals surface area contributed by atoms with E-state index in [4.69, 9.17) is 5.73 Å². The fourth-order valence-corrected chi connectivity index (χ4v) is 2.73. The van der Waals surface area contributed by atoms with Crippen molar-refractivity contribution in [2.45, 2.75) is 12.2 Å². The minimum Gasteiger partial charge on any atom is -0.399 e. The van der Waals surface area contributed by atoms with Gasteiger partial charge in [-0.3, -0.25) is 4.79 Å². The van der Waals surface area contributed by atoms with Crippen molar-refractivity contribution in [2.24, 2.45) is 0 Å². The lowest BCUT2D eigenvalue weighted by molar-refractivity contribution is -0.115. The van der Waals surface area contributed by atoms with E-state index in [-0.39, 0.29) is 0 Å². The van der Waals surface area contributed by atoms with E-state index in [1.165, 1.54) is 18.3 Å². The zero-order valence-electron chi connectivity index (χ0n) is 11.5. The van der Waals surface area contributed by atoms with Crippen LogP contribution in [0.1, 0.15) is 6.92 Å². The molecule has 0 aliphatic carbocycles. The Kier molecular flexibility index (Phi) is 4.29.